The summed E-state index contributed by atoms with van der Waals surface area (Å²) in [5.41, 5.74) is 1.02. The maximum absolute atomic E-state index is 13.7. The second kappa shape index (κ2) is 7.49. The van der Waals surface area contributed by atoms with Gasteiger partial charge >= 0.3 is 11.9 Å². The van der Waals surface area contributed by atoms with Crippen molar-refractivity contribution < 1.29 is 23.9 Å². The van der Waals surface area contributed by atoms with E-state index in [1.54, 1.807) is 0 Å². The van der Waals surface area contributed by atoms with E-state index in [4.69, 9.17) is 9.47 Å². The van der Waals surface area contributed by atoms with E-state index < -0.39 is 5.41 Å². The van der Waals surface area contributed by atoms with Crippen LogP contribution in [0.5, 0.6) is 0 Å². The highest BCUT2D eigenvalue weighted by Gasteiger charge is 2.63. The van der Waals surface area contributed by atoms with Crippen molar-refractivity contribution in [2.75, 3.05) is 0 Å². The molecule has 4 rings (SSSR count). The van der Waals surface area contributed by atoms with Gasteiger partial charge in [-0.3, -0.25) is 14.4 Å². The van der Waals surface area contributed by atoms with E-state index in [1.165, 1.54) is 19.4 Å². The second-order valence-electron chi connectivity index (χ2n) is 10.6. The van der Waals surface area contributed by atoms with Crippen LogP contribution in [0.3, 0.4) is 0 Å². The number of Topliss-reactive ketones (excluding diaryl/α,β-unsaturated/α-hetero) is 1. The molecule has 8 atom stereocenters. The van der Waals surface area contributed by atoms with Crippen molar-refractivity contribution in [1.82, 2.24) is 0 Å². The molecule has 5 heteroatoms. The normalized spacial score (nSPS) is 43.6. The van der Waals surface area contributed by atoms with Gasteiger partial charge in [0.2, 0.25) is 0 Å². The van der Waals surface area contributed by atoms with Gasteiger partial charge in [0.15, 0.2) is 0 Å². The number of fused-ring (bicyclic) bond motifs is 5. The van der Waals surface area contributed by atoms with E-state index in [0.717, 1.165) is 38.5 Å². The molecule has 4 aliphatic rings. The third-order valence-electron chi connectivity index (χ3n) is 9.24. The Bertz CT molecular complexity index is 784. The molecule has 4 unspecified atom stereocenters. The molecule has 0 aromatic carbocycles. The summed E-state index contributed by atoms with van der Waals surface area (Å²) in [5.74, 6) is 1.22. The smallest absolute Gasteiger partial charge is 0.302 e. The molecule has 0 radical (unpaired) electrons. The first-order chi connectivity index (χ1) is 14.1. The minimum absolute atomic E-state index is 0.0240. The fourth-order valence-corrected chi connectivity index (χ4v) is 7.81. The molecule has 166 valence electrons. The second-order valence-corrected chi connectivity index (χ2v) is 10.6. The van der Waals surface area contributed by atoms with Crippen LogP contribution in [0.1, 0.15) is 79.6 Å². The van der Waals surface area contributed by atoms with E-state index in [2.05, 4.69) is 19.9 Å². The molecule has 0 spiro atoms. The van der Waals surface area contributed by atoms with Crippen molar-refractivity contribution in [2.45, 2.75) is 91.8 Å². The Morgan fingerprint density at radius 2 is 1.80 bits per heavy atom. The summed E-state index contributed by atoms with van der Waals surface area (Å²) < 4.78 is 11.0. The molecule has 0 bridgehead atoms. The van der Waals surface area contributed by atoms with Gasteiger partial charge < -0.3 is 9.47 Å². The summed E-state index contributed by atoms with van der Waals surface area (Å²) in [6.45, 7) is 9.36. The lowest BCUT2D eigenvalue weighted by Crippen LogP contribution is -2.55. The van der Waals surface area contributed by atoms with Gasteiger partial charge in [-0.15, -0.1) is 0 Å². The van der Waals surface area contributed by atoms with Crippen LogP contribution in [0, 0.1) is 34.5 Å². The van der Waals surface area contributed by atoms with E-state index in [9.17, 15) is 14.4 Å². The number of esters is 2. The van der Waals surface area contributed by atoms with Crippen LogP contribution >= 0.6 is 0 Å². The highest BCUT2D eigenvalue weighted by Crippen LogP contribution is 2.65. The zero-order chi connectivity index (χ0) is 21.8. The largest absolute Gasteiger partial charge is 0.463 e. The van der Waals surface area contributed by atoms with E-state index in [-0.39, 0.29) is 35.5 Å². The number of carbonyl (C=O) groups is 3. The van der Waals surface area contributed by atoms with Crippen molar-refractivity contribution in [3.63, 3.8) is 0 Å². The summed E-state index contributed by atoms with van der Waals surface area (Å²) in [6.07, 6.45) is 8.42. The van der Waals surface area contributed by atoms with E-state index >= 15 is 0 Å². The molecular formula is C25H36O5. The Labute approximate surface area is 179 Å². The van der Waals surface area contributed by atoms with Crippen molar-refractivity contribution >= 4 is 17.7 Å². The molecule has 4 aliphatic carbocycles. The number of rotatable bonds is 3. The molecule has 30 heavy (non-hydrogen) atoms. The highest BCUT2D eigenvalue weighted by atomic mass is 16.5. The summed E-state index contributed by atoms with van der Waals surface area (Å²) in [4.78, 5) is 36.6. The molecule has 0 N–H and O–H groups in total. The molecule has 0 aromatic rings. The van der Waals surface area contributed by atoms with E-state index in [1.807, 2.05) is 6.92 Å². The Kier molecular flexibility index (Phi) is 5.39. The number of ether oxygens (including phenoxy) is 2. The van der Waals surface area contributed by atoms with Crippen LogP contribution in [-0.4, -0.2) is 29.9 Å². The first kappa shape index (κ1) is 21.6. The first-order valence-electron chi connectivity index (χ1n) is 11.6. The standard InChI is InChI=1S/C25H36O5/c1-14(29-15(2)26)20-8-9-21-19-7-6-17-12-18(30-16(3)27)10-11-24(17,4)22(19)13-23(28)25(20,21)5/h6,14,18-22H,7-13H2,1-5H3/t14?,18-,19?,20+,21?,22?,24-,25+/m0/s1. The minimum atomic E-state index is -0.396. The molecule has 3 fully saturated rings. The molecular weight excluding hydrogens is 380 g/mol. The van der Waals surface area contributed by atoms with Crippen LogP contribution in [0.25, 0.3) is 0 Å². The van der Waals surface area contributed by atoms with Gasteiger partial charge in [0.25, 0.3) is 0 Å². The van der Waals surface area contributed by atoms with Crippen LogP contribution in [0.2, 0.25) is 0 Å². The average molecular weight is 417 g/mol. The van der Waals surface area contributed by atoms with Gasteiger partial charge in [-0.05, 0) is 62.2 Å². The monoisotopic (exact) mass is 416 g/mol. The van der Waals surface area contributed by atoms with Crippen LogP contribution in [0.4, 0.5) is 0 Å². The van der Waals surface area contributed by atoms with Crippen LogP contribution in [0.15, 0.2) is 11.6 Å². The molecule has 0 heterocycles. The van der Waals surface area contributed by atoms with Gasteiger partial charge in [0.1, 0.15) is 18.0 Å². The van der Waals surface area contributed by atoms with Crippen LogP contribution < -0.4 is 0 Å². The third kappa shape index (κ3) is 3.23. The summed E-state index contributed by atoms with van der Waals surface area (Å²) in [7, 11) is 0. The quantitative estimate of drug-likeness (QED) is 0.496. The van der Waals surface area contributed by atoms with Crippen molar-refractivity contribution in [3.05, 3.63) is 11.6 Å². The van der Waals surface area contributed by atoms with Crippen molar-refractivity contribution in [1.29, 1.82) is 0 Å². The summed E-state index contributed by atoms with van der Waals surface area (Å²) in [5, 5.41) is 0. The minimum Gasteiger partial charge on any atom is -0.463 e. The zero-order valence-electron chi connectivity index (χ0n) is 19.0. The summed E-state index contributed by atoms with van der Waals surface area (Å²) >= 11 is 0. The Morgan fingerprint density at radius 1 is 1.07 bits per heavy atom. The maximum Gasteiger partial charge on any atom is 0.302 e. The number of ketones is 1. The lowest BCUT2D eigenvalue weighted by molar-refractivity contribution is -0.160. The maximum atomic E-state index is 13.7. The number of allylic oxidation sites excluding steroid dienone is 1. The van der Waals surface area contributed by atoms with Crippen molar-refractivity contribution in [2.24, 2.45) is 34.5 Å². The Hall–Kier alpha value is -1.65. The SMILES string of the molecule is CC(=O)OC(C)[C@H]1CCC2C3CC=C4C[C@@H](OC(C)=O)CC[C@]4(C)C3CC(=O)[C@@]21C. The van der Waals surface area contributed by atoms with Crippen molar-refractivity contribution in [3.8, 4) is 0 Å². The number of hydrogen-bond acceptors (Lipinski definition) is 5. The van der Waals surface area contributed by atoms with Gasteiger partial charge in [-0.2, -0.15) is 0 Å². The Balaban J connectivity index is 1.60. The third-order valence-corrected chi connectivity index (χ3v) is 9.24. The fraction of sp³-hybridized carbons (Fsp3) is 0.800. The van der Waals surface area contributed by atoms with Gasteiger partial charge in [-0.25, -0.2) is 0 Å². The lowest BCUT2D eigenvalue weighted by atomic mass is 9.47. The first-order valence-corrected chi connectivity index (χ1v) is 11.6. The summed E-state index contributed by atoms with van der Waals surface area (Å²) in [6, 6.07) is 0. The average Bonchev–Trinajstić information content (AvgIpc) is 3.01. The molecule has 0 saturated heterocycles. The zero-order valence-corrected chi connectivity index (χ0v) is 19.0. The topological polar surface area (TPSA) is 69.7 Å². The Morgan fingerprint density at radius 3 is 2.47 bits per heavy atom. The molecule has 0 amide bonds. The van der Waals surface area contributed by atoms with Gasteiger partial charge in [0, 0.05) is 38.0 Å². The van der Waals surface area contributed by atoms with Crippen LogP contribution in [-0.2, 0) is 23.9 Å². The predicted molar refractivity (Wildman–Crippen MR) is 112 cm³/mol. The predicted octanol–water partition coefficient (Wildman–Crippen LogP) is 4.63. The molecule has 0 aromatic heterocycles. The number of hydrogen-bond donors (Lipinski definition) is 0. The lowest BCUT2D eigenvalue weighted by Gasteiger charge is -2.57. The van der Waals surface area contributed by atoms with E-state index in [0.29, 0.717) is 30.0 Å². The molecule has 3 saturated carbocycles. The fourth-order valence-electron chi connectivity index (χ4n) is 7.81. The molecule has 5 nitrogen and oxygen atoms in total. The van der Waals surface area contributed by atoms with Gasteiger partial charge in [0.05, 0.1) is 0 Å². The van der Waals surface area contributed by atoms with Gasteiger partial charge in [-0.1, -0.05) is 25.5 Å². The molecule has 0 aliphatic heterocycles. The highest BCUT2D eigenvalue weighted by molar-refractivity contribution is 5.87. The number of carbonyl (C=O) groups excluding carboxylic acids is 3.